The van der Waals surface area contributed by atoms with Gasteiger partial charge in [-0.15, -0.1) is 11.3 Å². The fourth-order valence-electron chi connectivity index (χ4n) is 2.38. The maximum Gasteiger partial charge on any atom is 0.0931 e. The third-order valence-corrected chi connectivity index (χ3v) is 4.64. The number of hydrogen-bond donors (Lipinski definition) is 2. The Morgan fingerprint density at radius 2 is 2.31 bits per heavy atom. The first-order chi connectivity index (χ1) is 7.65. The molecule has 1 aromatic heterocycles. The lowest BCUT2D eigenvalue weighted by atomic mass is 9.91. The van der Waals surface area contributed by atoms with E-state index < -0.39 is 0 Å². The van der Waals surface area contributed by atoms with Gasteiger partial charge >= 0.3 is 0 Å². The molecule has 0 aliphatic heterocycles. The van der Waals surface area contributed by atoms with Crippen molar-refractivity contribution in [1.29, 1.82) is 0 Å². The monoisotopic (exact) mass is 258 g/mol. The van der Waals surface area contributed by atoms with Crippen LogP contribution in [0.2, 0.25) is 4.34 Å². The molecule has 1 saturated carbocycles. The zero-order valence-corrected chi connectivity index (χ0v) is 11.2. The summed E-state index contributed by atoms with van der Waals surface area (Å²) in [4.78, 5) is 1.31. The van der Waals surface area contributed by atoms with E-state index in [9.17, 15) is 0 Å². The Morgan fingerprint density at radius 1 is 1.50 bits per heavy atom. The van der Waals surface area contributed by atoms with Gasteiger partial charge in [0.25, 0.3) is 0 Å². The van der Waals surface area contributed by atoms with Crippen LogP contribution in [0.5, 0.6) is 0 Å². The van der Waals surface area contributed by atoms with E-state index in [2.05, 4.69) is 18.3 Å². The van der Waals surface area contributed by atoms with Gasteiger partial charge < -0.3 is 11.1 Å². The van der Waals surface area contributed by atoms with Crippen LogP contribution in [-0.2, 0) is 0 Å². The summed E-state index contributed by atoms with van der Waals surface area (Å²) in [6.45, 7) is 2.20. The number of nitrogens with two attached hydrogens (primary N) is 1. The van der Waals surface area contributed by atoms with Crippen LogP contribution < -0.4 is 11.1 Å². The van der Waals surface area contributed by atoms with Gasteiger partial charge in [0.05, 0.1) is 4.34 Å². The maximum atomic E-state index is 5.99. The molecule has 0 spiro atoms. The molecule has 1 aliphatic carbocycles. The Bertz CT molecular complexity index is 340. The van der Waals surface area contributed by atoms with Crippen LogP contribution in [0.15, 0.2) is 12.1 Å². The second-order valence-corrected chi connectivity index (χ2v) is 6.40. The van der Waals surface area contributed by atoms with Crippen molar-refractivity contribution in [3.05, 3.63) is 21.3 Å². The van der Waals surface area contributed by atoms with Gasteiger partial charge in [0, 0.05) is 23.0 Å². The topological polar surface area (TPSA) is 38.0 Å². The Labute approximate surface area is 106 Å². The second kappa shape index (κ2) is 5.50. The van der Waals surface area contributed by atoms with E-state index in [0.29, 0.717) is 18.1 Å². The van der Waals surface area contributed by atoms with Crippen molar-refractivity contribution in [2.45, 2.75) is 50.7 Å². The minimum atomic E-state index is 0.380. The third kappa shape index (κ3) is 3.20. The molecular formula is C12H19ClN2S. The van der Waals surface area contributed by atoms with Crippen molar-refractivity contribution < 1.29 is 0 Å². The van der Waals surface area contributed by atoms with Crippen molar-refractivity contribution in [1.82, 2.24) is 5.32 Å². The molecule has 1 fully saturated rings. The van der Waals surface area contributed by atoms with Gasteiger partial charge in [-0.2, -0.15) is 0 Å². The van der Waals surface area contributed by atoms with Crippen LogP contribution in [0.3, 0.4) is 0 Å². The highest BCUT2D eigenvalue weighted by Gasteiger charge is 2.21. The molecule has 16 heavy (non-hydrogen) atoms. The Kier molecular flexibility index (Phi) is 4.25. The quantitative estimate of drug-likeness (QED) is 0.873. The Morgan fingerprint density at radius 3 is 2.94 bits per heavy atom. The van der Waals surface area contributed by atoms with Crippen LogP contribution in [0.1, 0.15) is 43.5 Å². The van der Waals surface area contributed by atoms with Crippen LogP contribution in [0.4, 0.5) is 0 Å². The standard InChI is InChI=1S/C12H19ClN2S/c1-8(11-5-6-12(13)16-11)15-10-4-2-3-9(14)7-10/h5-6,8-10,15H,2-4,7,14H2,1H3. The summed E-state index contributed by atoms with van der Waals surface area (Å²) in [5.41, 5.74) is 5.99. The number of nitrogens with one attached hydrogen (secondary N) is 1. The number of halogens is 1. The van der Waals surface area contributed by atoms with Crippen molar-refractivity contribution >= 4 is 22.9 Å². The van der Waals surface area contributed by atoms with Crippen molar-refractivity contribution in [2.24, 2.45) is 5.73 Å². The molecule has 3 unspecified atom stereocenters. The molecule has 0 radical (unpaired) electrons. The summed E-state index contributed by atoms with van der Waals surface area (Å²) in [5.74, 6) is 0. The summed E-state index contributed by atoms with van der Waals surface area (Å²) in [5, 5.41) is 3.65. The van der Waals surface area contributed by atoms with Crippen molar-refractivity contribution in [2.75, 3.05) is 0 Å². The van der Waals surface area contributed by atoms with Gasteiger partial charge in [-0.05, 0) is 38.3 Å². The fraction of sp³-hybridized carbons (Fsp3) is 0.667. The lowest BCUT2D eigenvalue weighted by Gasteiger charge is -2.29. The molecule has 1 aliphatic rings. The minimum Gasteiger partial charge on any atom is -0.328 e. The molecule has 0 bridgehead atoms. The Balaban J connectivity index is 1.89. The van der Waals surface area contributed by atoms with Crippen LogP contribution >= 0.6 is 22.9 Å². The van der Waals surface area contributed by atoms with Gasteiger partial charge in [0.15, 0.2) is 0 Å². The molecule has 1 aromatic rings. The molecule has 0 saturated heterocycles. The number of hydrogen-bond acceptors (Lipinski definition) is 3. The summed E-state index contributed by atoms with van der Waals surface area (Å²) in [6.07, 6.45) is 4.77. The predicted molar refractivity (Wildman–Crippen MR) is 71.1 cm³/mol. The fourth-order valence-corrected chi connectivity index (χ4v) is 3.45. The number of thiophene rings is 1. The maximum absolute atomic E-state index is 5.99. The van der Waals surface area contributed by atoms with E-state index in [1.807, 2.05) is 6.07 Å². The first kappa shape index (κ1) is 12.4. The highest BCUT2D eigenvalue weighted by atomic mass is 35.5. The van der Waals surface area contributed by atoms with Crippen LogP contribution in [-0.4, -0.2) is 12.1 Å². The summed E-state index contributed by atoms with van der Waals surface area (Å²) in [6, 6.07) is 5.40. The minimum absolute atomic E-state index is 0.380. The van der Waals surface area contributed by atoms with Gasteiger partial charge in [-0.25, -0.2) is 0 Å². The molecular weight excluding hydrogens is 240 g/mol. The van der Waals surface area contributed by atoms with E-state index >= 15 is 0 Å². The Hall–Kier alpha value is -0.0900. The lowest BCUT2D eigenvalue weighted by Crippen LogP contribution is -2.40. The van der Waals surface area contributed by atoms with E-state index in [1.165, 1.54) is 24.1 Å². The third-order valence-electron chi connectivity index (χ3n) is 3.22. The average Bonchev–Trinajstić information content (AvgIpc) is 2.65. The zero-order chi connectivity index (χ0) is 11.5. The molecule has 1 heterocycles. The molecule has 4 heteroatoms. The van der Waals surface area contributed by atoms with Gasteiger partial charge in [-0.1, -0.05) is 18.0 Å². The van der Waals surface area contributed by atoms with Crippen LogP contribution in [0, 0.1) is 0 Å². The van der Waals surface area contributed by atoms with Crippen molar-refractivity contribution in [3.63, 3.8) is 0 Å². The SMILES string of the molecule is CC(NC1CCCC(N)C1)c1ccc(Cl)s1. The van der Waals surface area contributed by atoms with Gasteiger partial charge in [0.2, 0.25) is 0 Å². The average molecular weight is 259 g/mol. The highest BCUT2D eigenvalue weighted by molar-refractivity contribution is 7.16. The van der Waals surface area contributed by atoms with E-state index in [1.54, 1.807) is 11.3 Å². The normalized spacial score (nSPS) is 27.9. The molecule has 3 N–H and O–H groups in total. The van der Waals surface area contributed by atoms with E-state index in [4.69, 9.17) is 17.3 Å². The molecule has 2 rings (SSSR count). The smallest absolute Gasteiger partial charge is 0.0931 e. The van der Waals surface area contributed by atoms with Crippen LogP contribution in [0.25, 0.3) is 0 Å². The van der Waals surface area contributed by atoms with E-state index in [0.717, 1.165) is 10.8 Å². The zero-order valence-electron chi connectivity index (χ0n) is 9.58. The largest absolute Gasteiger partial charge is 0.328 e. The summed E-state index contributed by atoms with van der Waals surface area (Å²) in [7, 11) is 0. The first-order valence-corrected chi connectivity index (χ1v) is 7.11. The highest BCUT2D eigenvalue weighted by Crippen LogP contribution is 2.28. The van der Waals surface area contributed by atoms with Crippen molar-refractivity contribution in [3.8, 4) is 0 Å². The molecule has 0 aromatic carbocycles. The predicted octanol–water partition coefficient (Wildman–Crippen LogP) is 3.32. The van der Waals surface area contributed by atoms with Gasteiger partial charge in [-0.3, -0.25) is 0 Å². The van der Waals surface area contributed by atoms with Gasteiger partial charge in [0.1, 0.15) is 0 Å². The summed E-state index contributed by atoms with van der Waals surface area (Å²) >= 11 is 7.60. The molecule has 90 valence electrons. The molecule has 3 atom stereocenters. The molecule has 0 amide bonds. The second-order valence-electron chi connectivity index (χ2n) is 4.65. The van der Waals surface area contributed by atoms with E-state index in [-0.39, 0.29) is 0 Å². The first-order valence-electron chi connectivity index (χ1n) is 5.92. The lowest BCUT2D eigenvalue weighted by molar-refractivity contribution is 0.320. The summed E-state index contributed by atoms with van der Waals surface area (Å²) < 4.78 is 0.865. The number of rotatable bonds is 3. The molecule has 2 nitrogen and oxygen atoms in total.